The van der Waals surface area contributed by atoms with Crippen LogP contribution in [0, 0.1) is 6.92 Å². The SMILES string of the molecule is COc1cc(/C=N/Nc2ccc(C)c(Cl)c2)cc(Cl)c1OC. The van der Waals surface area contributed by atoms with Gasteiger partial charge in [-0.15, -0.1) is 0 Å². The fourth-order valence-electron chi connectivity index (χ4n) is 1.86. The highest BCUT2D eigenvalue weighted by Crippen LogP contribution is 2.35. The lowest BCUT2D eigenvalue weighted by Gasteiger charge is -2.10. The predicted molar refractivity (Wildman–Crippen MR) is 92.0 cm³/mol. The maximum atomic E-state index is 6.14. The first-order valence-electron chi connectivity index (χ1n) is 6.52. The third kappa shape index (κ3) is 3.84. The lowest BCUT2D eigenvalue weighted by Crippen LogP contribution is -1.95. The molecular formula is C16H16Cl2N2O2. The molecule has 6 heteroatoms. The second kappa shape index (κ2) is 7.38. The number of hydrogen-bond acceptors (Lipinski definition) is 4. The van der Waals surface area contributed by atoms with Crippen LogP contribution >= 0.6 is 23.2 Å². The molecule has 4 nitrogen and oxygen atoms in total. The second-order valence-corrected chi connectivity index (χ2v) is 5.39. The molecule has 2 aromatic rings. The number of aryl methyl sites for hydroxylation is 1. The average Bonchev–Trinajstić information content (AvgIpc) is 2.50. The molecule has 0 amide bonds. The van der Waals surface area contributed by atoms with Gasteiger partial charge in [0, 0.05) is 5.02 Å². The molecule has 0 bridgehead atoms. The molecule has 1 N–H and O–H groups in total. The van der Waals surface area contributed by atoms with E-state index in [1.165, 1.54) is 0 Å². The van der Waals surface area contributed by atoms with E-state index in [2.05, 4.69) is 10.5 Å². The van der Waals surface area contributed by atoms with Gasteiger partial charge in [0.05, 0.1) is 31.1 Å². The van der Waals surface area contributed by atoms with E-state index in [0.29, 0.717) is 21.5 Å². The van der Waals surface area contributed by atoms with E-state index in [1.807, 2.05) is 25.1 Å². The van der Waals surface area contributed by atoms with Crippen LogP contribution in [0.4, 0.5) is 5.69 Å². The van der Waals surface area contributed by atoms with E-state index in [0.717, 1.165) is 16.8 Å². The minimum Gasteiger partial charge on any atom is -0.493 e. The fraction of sp³-hybridized carbons (Fsp3) is 0.188. The minimum atomic E-state index is 0.460. The summed E-state index contributed by atoms with van der Waals surface area (Å²) in [5.74, 6) is 1.05. The second-order valence-electron chi connectivity index (χ2n) is 4.57. The fourth-order valence-corrected chi connectivity index (χ4v) is 2.33. The van der Waals surface area contributed by atoms with Crippen LogP contribution in [-0.4, -0.2) is 20.4 Å². The molecule has 0 radical (unpaired) electrons. The summed E-state index contributed by atoms with van der Waals surface area (Å²) in [4.78, 5) is 0. The zero-order valence-electron chi connectivity index (χ0n) is 12.5. The number of hydrogen-bond donors (Lipinski definition) is 1. The van der Waals surface area contributed by atoms with Crippen LogP contribution in [0.15, 0.2) is 35.4 Å². The molecule has 22 heavy (non-hydrogen) atoms. The lowest BCUT2D eigenvalue weighted by molar-refractivity contribution is 0.355. The Kier molecular flexibility index (Phi) is 5.52. The van der Waals surface area contributed by atoms with Crippen molar-refractivity contribution in [3.05, 3.63) is 51.5 Å². The van der Waals surface area contributed by atoms with Crippen molar-refractivity contribution in [2.45, 2.75) is 6.92 Å². The lowest BCUT2D eigenvalue weighted by atomic mass is 10.2. The number of anilines is 1. The number of halogens is 2. The van der Waals surface area contributed by atoms with Crippen molar-refractivity contribution in [1.29, 1.82) is 0 Å². The van der Waals surface area contributed by atoms with Gasteiger partial charge in [-0.1, -0.05) is 29.3 Å². The summed E-state index contributed by atoms with van der Waals surface area (Å²) in [5.41, 5.74) is 5.52. The molecule has 0 fully saturated rings. The van der Waals surface area contributed by atoms with Crippen LogP contribution in [-0.2, 0) is 0 Å². The third-order valence-corrected chi connectivity index (χ3v) is 3.72. The van der Waals surface area contributed by atoms with Crippen LogP contribution in [0.1, 0.15) is 11.1 Å². The summed E-state index contributed by atoms with van der Waals surface area (Å²) >= 11 is 12.2. The number of ether oxygens (including phenoxy) is 2. The summed E-state index contributed by atoms with van der Waals surface area (Å²) in [5, 5.41) is 5.32. The highest BCUT2D eigenvalue weighted by Gasteiger charge is 2.09. The summed E-state index contributed by atoms with van der Waals surface area (Å²) < 4.78 is 10.4. The van der Waals surface area contributed by atoms with Crippen molar-refractivity contribution in [2.75, 3.05) is 19.6 Å². The predicted octanol–water partition coefficient (Wildman–Crippen LogP) is 4.77. The van der Waals surface area contributed by atoms with Crippen molar-refractivity contribution in [2.24, 2.45) is 5.10 Å². The van der Waals surface area contributed by atoms with Gasteiger partial charge in [-0.2, -0.15) is 5.10 Å². The van der Waals surface area contributed by atoms with Gasteiger partial charge in [-0.3, -0.25) is 5.43 Å². The topological polar surface area (TPSA) is 42.8 Å². The summed E-state index contributed by atoms with van der Waals surface area (Å²) in [6.45, 7) is 1.95. The Bertz CT molecular complexity index is 703. The van der Waals surface area contributed by atoms with E-state index in [1.54, 1.807) is 32.6 Å². The molecule has 0 aliphatic rings. The van der Waals surface area contributed by atoms with E-state index in [-0.39, 0.29) is 0 Å². The Labute approximate surface area is 139 Å². The molecule has 2 rings (SSSR count). The number of nitrogens with zero attached hydrogens (tertiary/aromatic N) is 1. The monoisotopic (exact) mass is 338 g/mol. The van der Waals surface area contributed by atoms with E-state index >= 15 is 0 Å². The molecule has 0 aliphatic carbocycles. The van der Waals surface area contributed by atoms with Gasteiger partial charge in [0.15, 0.2) is 11.5 Å². The smallest absolute Gasteiger partial charge is 0.179 e. The molecule has 2 aromatic carbocycles. The molecule has 0 unspecified atom stereocenters. The number of benzene rings is 2. The van der Waals surface area contributed by atoms with Crippen LogP contribution in [0.5, 0.6) is 11.5 Å². The first-order valence-corrected chi connectivity index (χ1v) is 7.27. The van der Waals surface area contributed by atoms with Crippen molar-refractivity contribution < 1.29 is 9.47 Å². The van der Waals surface area contributed by atoms with E-state index in [4.69, 9.17) is 32.7 Å². The van der Waals surface area contributed by atoms with Crippen LogP contribution in [0.2, 0.25) is 10.0 Å². The van der Waals surface area contributed by atoms with Gasteiger partial charge in [-0.25, -0.2) is 0 Å². The third-order valence-electron chi connectivity index (χ3n) is 3.03. The molecular weight excluding hydrogens is 323 g/mol. The number of hydrazone groups is 1. The maximum Gasteiger partial charge on any atom is 0.179 e. The Morgan fingerprint density at radius 2 is 1.82 bits per heavy atom. The normalized spacial score (nSPS) is 10.8. The van der Waals surface area contributed by atoms with E-state index < -0.39 is 0 Å². The zero-order chi connectivity index (χ0) is 16.1. The Morgan fingerprint density at radius 3 is 2.45 bits per heavy atom. The first-order chi connectivity index (χ1) is 10.5. The van der Waals surface area contributed by atoms with Gasteiger partial charge in [0.2, 0.25) is 0 Å². The first kappa shape index (κ1) is 16.5. The molecule has 0 saturated heterocycles. The molecule has 0 spiro atoms. The van der Waals surface area contributed by atoms with Crippen molar-refractivity contribution in [1.82, 2.24) is 0 Å². The quantitative estimate of drug-likeness (QED) is 0.631. The Morgan fingerprint density at radius 1 is 1.05 bits per heavy atom. The van der Waals surface area contributed by atoms with Crippen LogP contribution in [0.3, 0.4) is 0 Å². The summed E-state index contributed by atoms with van der Waals surface area (Å²) in [7, 11) is 3.10. The highest BCUT2D eigenvalue weighted by molar-refractivity contribution is 6.32. The van der Waals surface area contributed by atoms with Gasteiger partial charge in [-0.05, 0) is 42.3 Å². The standard InChI is InChI=1S/C16H16Cl2N2O2/c1-10-4-5-12(8-13(10)17)20-19-9-11-6-14(18)16(22-3)15(7-11)21-2/h4-9,20H,1-3H3/b19-9+. The molecule has 0 aliphatic heterocycles. The molecule has 0 heterocycles. The largest absolute Gasteiger partial charge is 0.493 e. The van der Waals surface area contributed by atoms with E-state index in [9.17, 15) is 0 Å². The zero-order valence-corrected chi connectivity index (χ0v) is 14.0. The Balaban J connectivity index is 2.16. The van der Waals surface area contributed by atoms with Gasteiger partial charge >= 0.3 is 0 Å². The van der Waals surface area contributed by atoms with Gasteiger partial charge in [0.25, 0.3) is 0 Å². The van der Waals surface area contributed by atoms with Gasteiger partial charge in [0.1, 0.15) is 0 Å². The van der Waals surface area contributed by atoms with Crippen molar-refractivity contribution in [3.8, 4) is 11.5 Å². The number of methoxy groups -OCH3 is 2. The molecule has 0 aromatic heterocycles. The number of nitrogens with one attached hydrogen (secondary N) is 1. The van der Waals surface area contributed by atoms with Crippen molar-refractivity contribution >= 4 is 35.1 Å². The molecule has 0 saturated carbocycles. The number of rotatable bonds is 5. The van der Waals surface area contributed by atoms with Crippen LogP contribution in [0.25, 0.3) is 0 Å². The van der Waals surface area contributed by atoms with Crippen LogP contribution < -0.4 is 14.9 Å². The van der Waals surface area contributed by atoms with Gasteiger partial charge < -0.3 is 9.47 Å². The minimum absolute atomic E-state index is 0.460. The summed E-state index contributed by atoms with van der Waals surface area (Å²) in [6.07, 6.45) is 1.64. The Hall–Kier alpha value is -1.91. The highest BCUT2D eigenvalue weighted by atomic mass is 35.5. The average molecular weight is 339 g/mol. The maximum absolute atomic E-state index is 6.14. The van der Waals surface area contributed by atoms with Crippen molar-refractivity contribution in [3.63, 3.8) is 0 Å². The summed E-state index contributed by atoms with van der Waals surface area (Å²) in [6, 6.07) is 9.18. The molecule has 116 valence electrons. The molecule has 0 atom stereocenters.